The van der Waals surface area contributed by atoms with E-state index < -0.39 is 0 Å². The number of benzene rings is 2. The lowest BCUT2D eigenvalue weighted by Crippen LogP contribution is -2.16. The van der Waals surface area contributed by atoms with Crippen molar-refractivity contribution in [3.05, 3.63) is 53.8 Å². The molecule has 0 bridgehead atoms. The van der Waals surface area contributed by atoms with E-state index in [1.165, 1.54) is 12.1 Å². The maximum absolute atomic E-state index is 13.2. The van der Waals surface area contributed by atoms with Crippen molar-refractivity contribution >= 4 is 11.6 Å². The highest BCUT2D eigenvalue weighted by Gasteiger charge is 2.17. The molecule has 3 rings (SSSR count). The van der Waals surface area contributed by atoms with Crippen LogP contribution in [0.5, 0.6) is 11.5 Å². The highest BCUT2D eigenvalue weighted by Crippen LogP contribution is 2.27. The highest BCUT2D eigenvalue weighted by molar-refractivity contribution is 5.92. The van der Waals surface area contributed by atoms with E-state index in [0.29, 0.717) is 23.6 Å². The molecule has 1 unspecified atom stereocenters. The first kappa shape index (κ1) is 19.2. The summed E-state index contributed by atoms with van der Waals surface area (Å²) in [5.41, 5.74) is 1.43. The average molecular weight is 373 g/mol. The molecular weight excluding hydrogens is 349 g/mol. The first-order chi connectivity index (χ1) is 13.1. The Morgan fingerprint density at radius 2 is 2.19 bits per heavy atom. The Labute approximate surface area is 158 Å². The van der Waals surface area contributed by atoms with Crippen molar-refractivity contribution in [1.82, 2.24) is 0 Å². The molecule has 0 aromatic heterocycles. The molecule has 1 atom stereocenters. The molecule has 1 aliphatic heterocycles. The smallest absolute Gasteiger partial charge is 0.224 e. The molecule has 1 aliphatic rings. The molecule has 6 heteroatoms. The minimum Gasteiger partial charge on any atom is -0.495 e. The van der Waals surface area contributed by atoms with Gasteiger partial charge in [0.05, 0.1) is 18.9 Å². The summed E-state index contributed by atoms with van der Waals surface area (Å²) in [7, 11) is 1.56. The molecule has 1 amide bonds. The molecule has 1 N–H and O–H groups in total. The van der Waals surface area contributed by atoms with Crippen molar-refractivity contribution in [1.29, 1.82) is 0 Å². The quantitative estimate of drug-likeness (QED) is 0.749. The number of anilines is 1. The normalized spacial score (nSPS) is 16.1. The van der Waals surface area contributed by atoms with Gasteiger partial charge in [-0.3, -0.25) is 4.79 Å². The number of methoxy groups -OCH3 is 1. The van der Waals surface area contributed by atoms with E-state index in [2.05, 4.69) is 5.32 Å². The van der Waals surface area contributed by atoms with Crippen LogP contribution < -0.4 is 14.8 Å². The zero-order valence-corrected chi connectivity index (χ0v) is 15.4. The third kappa shape index (κ3) is 5.69. The molecule has 1 saturated heterocycles. The standard InChI is InChI=1S/C21H24FNO4/c1-25-20-9-7-15(14-27-18-5-2-4-16(22)13-18)12-19(20)23-21(24)10-8-17-6-3-11-26-17/h2,4-5,7,9,12-13,17H,3,6,8,10-11,14H2,1H3,(H,23,24). The van der Waals surface area contributed by atoms with Gasteiger partial charge in [0.2, 0.25) is 5.91 Å². The van der Waals surface area contributed by atoms with E-state index in [1.807, 2.05) is 12.1 Å². The van der Waals surface area contributed by atoms with Gasteiger partial charge in [0.1, 0.15) is 23.9 Å². The van der Waals surface area contributed by atoms with Crippen molar-refractivity contribution in [3.63, 3.8) is 0 Å². The van der Waals surface area contributed by atoms with Crippen molar-refractivity contribution in [2.45, 2.75) is 38.4 Å². The molecule has 144 valence electrons. The SMILES string of the molecule is COc1ccc(COc2cccc(F)c2)cc1NC(=O)CCC1CCCO1. The number of carbonyl (C=O) groups excluding carboxylic acids is 1. The molecule has 0 spiro atoms. The fourth-order valence-corrected chi connectivity index (χ4v) is 3.04. The fraction of sp³-hybridized carbons (Fsp3) is 0.381. The van der Waals surface area contributed by atoms with Crippen LogP contribution in [0.1, 0.15) is 31.2 Å². The van der Waals surface area contributed by atoms with E-state index in [0.717, 1.165) is 31.4 Å². The number of nitrogens with one attached hydrogen (secondary N) is 1. The van der Waals surface area contributed by atoms with E-state index in [1.54, 1.807) is 25.3 Å². The van der Waals surface area contributed by atoms with E-state index in [9.17, 15) is 9.18 Å². The second-order valence-corrected chi connectivity index (χ2v) is 6.50. The molecule has 0 radical (unpaired) electrons. The summed E-state index contributed by atoms with van der Waals surface area (Å²) in [6.07, 6.45) is 3.38. The van der Waals surface area contributed by atoms with Crippen LogP contribution in [0.25, 0.3) is 0 Å². The largest absolute Gasteiger partial charge is 0.495 e. The first-order valence-corrected chi connectivity index (χ1v) is 9.11. The van der Waals surface area contributed by atoms with E-state index in [-0.39, 0.29) is 24.4 Å². The molecule has 27 heavy (non-hydrogen) atoms. The summed E-state index contributed by atoms with van der Waals surface area (Å²) in [6, 6.07) is 11.4. The molecule has 2 aromatic rings. The van der Waals surface area contributed by atoms with Crippen LogP contribution in [0.2, 0.25) is 0 Å². The van der Waals surface area contributed by atoms with Gasteiger partial charge in [-0.25, -0.2) is 4.39 Å². The third-order valence-corrected chi connectivity index (χ3v) is 4.46. The number of halogens is 1. The Morgan fingerprint density at radius 1 is 1.30 bits per heavy atom. The van der Waals surface area contributed by atoms with Crippen LogP contribution in [-0.4, -0.2) is 25.7 Å². The number of hydrogen-bond acceptors (Lipinski definition) is 4. The predicted octanol–water partition coefficient (Wildman–Crippen LogP) is 4.31. The van der Waals surface area contributed by atoms with Gasteiger partial charge in [0, 0.05) is 19.1 Å². The van der Waals surface area contributed by atoms with E-state index in [4.69, 9.17) is 14.2 Å². The summed E-state index contributed by atoms with van der Waals surface area (Å²) in [4.78, 5) is 12.3. The number of rotatable bonds is 8. The zero-order chi connectivity index (χ0) is 19.1. The predicted molar refractivity (Wildman–Crippen MR) is 101 cm³/mol. The molecule has 5 nitrogen and oxygen atoms in total. The lowest BCUT2D eigenvalue weighted by atomic mass is 10.1. The minimum absolute atomic E-state index is 0.0769. The molecular formula is C21H24FNO4. The Bertz CT molecular complexity index is 775. The Morgan fingerprint density at radius 3 is 2.93 bits per heavy atom. The summed E-state index contributed by atoms with van der Waals surface area (Å²) in [5, 5.41) is 2.90. The number of amides is 1. The van der Waals surface area contributed by atoms with Crippen molar-refractivity contribution < 1.29 is 23.4 Å². The molecule has 2 aromatic carbocycles. The topological polar surface area (TPSA) is 56.8 Å². The van der Waals surface area contributed by atoms with E-state index >= 15 is 0 Å². The van der Waals surface area contributed by atoms with Crippen LogP contribution in [0.15, 0.2) is 42.5 Å². The molecule has 1 fully saturated rings. The molecule has 0 saturated carbocycles. The van der Waals surface area contributed by atoms with Gasteiger partial charge in [-0.2, -0.15) is 0 Å². The average Bonchev–Trinajstić information content (AvgIpc) is 3.19. The van der Waals surface area contributed by atoms with Crippen LogP contribution in [-0.2, 0) is 16.1 Å². The van der Waals surface area contributed by atoms with Crippen LogP contribution in [0.4, 0.5) is 10.1 Å². The second kappa shape index (κ2) is 9.37. The first-order valence-electron chi connectivity index (χ1n) is 9.11. The Hall–Kier alpha value is -2.60. The number of hydrogen-bond donors (Lipinski definition) is 1. The van der Waals surface area contributed by atoms with Crippen LogP contribution >= 0.6 is 0 Å². The summed E-state index contributed by atoms with van der Waals surface area (Å²) in [5.74, 6) is 0.608. The van der Waals surface area contributed by atoms with Gasteiger partial charge >= 0.3 is 0 Å². The Balaban J connectivity index is 1.59. The highest BCUT2D eigenvalue weighted by atomic mass is 19.1. The molecule has 1 heterocycles. The molecule has 0 aliphatic carbocycles. The number of ether oxygens (including phenoxy) is 3. The summed E-state index contributed by atoms with van der Waals surface area (Å²) >= 11 is 0. The second-order valence-electron chi connectivity index (χ2n) is 6.50. The maximum atomic E-state index is 13.2. The van der Waals surface area contributed by atoms with Crippen LogP contribution in [0, 0.1) is 5.82 Å². The van der Waals surface area contributed by atoms with Gasteiger partial charge in [0.25, 0.3) is 0 Å². The lowest BCUT2D eigenvalue weighted by molar-refractivity contribution is -0.116. The Kier molecular flexibility index (Phi) is 6.65. The minimum atomic E-state index is -0.346. The lowest BCUT2D eigenvalue weighted by Gasteiger charge is -2.14. The van der Waals surface area contributed by atoms with Crippen molar-refractivity contribution in [2.75, 3.05) is 19.0 Å². The fourth-order valence-electron chi connectivity index (χ4n) is 3.04. The van der Waals surface area contributed by atoms with Gasteiger partial charge in [0.15, 0.2) is 0 Å². The van der Waals surface area contributed by atoms with Gasteiger partial charge in [-0.1, -0.05) is 12.1 Å². The number of carbonyl (C=O) groups is 1. The third-order valence-electron chi connectivity index (χ3n) is 4.46. The van der Waals surface area contributed by atoms with Crippen molar-refractivity contribution in [2.24, 2.45) is 0 Å². The maximum Gasteiger partial charge on any atom is 0.224 e. The zero-order valence-electron chi connectivity index (χ0n) is 15.4. The van der Waals surface area contributed by atoms with Gasteiger partial charge in [-0.15, -0.1) is 0 Å². The summed E-state index contributed by atoms with van der Waals surface area (Å²) in [6.45, 7) is 1.04. The van der Waals surface area contributed by atoms with Crippen LogP contribution in [0.3, 0.4) is 0 Å². The van der Waals surface area contributed by atoms with Gasteiger partial charge in [-0.05, 0) is 49.1 Å². The van der Waals surface area contributed by atoms with Gasteiger partial charge < -0.3 is 19.5 Å². The monoisotopic (exact) mass is 373 g/mol. The summed E-state index contributed by atoms with van der Waals surface area (Å²) < 4.78 is 29.7. The van der Waals surface area contributed by atoms with Crippen molar-refractivity contribution in [3.8, 4) is 11.5 Å².